The second-order valence-corrected chi connectivity index (χ2v) is 10.2. The molecule has 4 nitrogen and oxygen atoms in total. The van der Waals surface area contributed by atoms with Crippen molar-refractivity contribution in [1.29, 1.82) is 0 Å². The van der Waals surface area contributed by atoms with Crippen LogP contribution in [-0.2, 0) is 4.43 Å². The summed E-state index contributed by atoms with van der Waals surface area (Å²) in [6, 6.07) is 0.856. The van der Waals surface area contributed by atoms with Gasteiger partial charge >= 0.3 is 6.09 Å². The smallest absolute Gasteiger partial charge is 0.412 e. The summed E-state index contributed by atoms with van der Waals surface area (Å²) in [5.74, 6) is -12.7. The summed E-state index contributed by atoms with van der Waals surface area (Å²) >= 11 is 0. The highest BCUT2D eigenvalue weighted by atomic mass is 28.4. The predicted octanol–water partition coefficient (Wildman–Crippen LogP) is 4.49. The van der Waals surface area contributed by atoms with Crippen LogP contribution in [0.1, 0.15) is 19.8 Å². The number of carbonyl (C=O) groups excluding carboxylic acids is 1. The molecule has 0 saturated carbocycles. The van der Waals surface area contributed by atoms with E-state index in [1.807, 2.05) is 6.92 Å². The van der Waals surface area contributed by atoms with Gasteiger partial charge in [-0.15, -0.1) is 0 Å². The maximum absolute atomic E-state index is 13.4. The first-order chi connectivity index (χ1) is 11.6. The molecule has 0 aliphatic heterocycles. The van der Waals surface area contributed by atoms with Gasteiger partial charge in [-0.3, -0.25) is 0 Å². The molecule has 1 rings (SSSR count). The number of ether oxygens (including phenoxy) is 1. The maximum atomic E-state index is 13.4. The van der Waals surface area contributed by atoms with Gasteiger partial charge in [-0.05, 0) is 32.5 Å². The molecule has 0 aliphatic carbocycles. The van der Waals surface area contributed by atoms with Crippen LogP contribution in [0.4, 0.5) is 26.7 Å². The van der Waals surface area contributed by atoms with E-state index in [9.17, 15) is 26.7 Å². The van der Waals surface area contributed by atoms with Gasteiger partial charge in [0.15, 0.2) is 8.32 Å². The van der Waals surface area contributed by atoms with Crippen LogP contribution in [0.5, 0.6) is 5.75 Å². The van der Waals surface area contributed by atoms with Gasteiger partial charge in [0.1, 0.15) is 0 Å². The average Bonchev–Trinajstić information content (AvgIpc) is 2.54. The highest BCUT2D eigenvalue weighted by molar-refractivity contribution is 6.71. The molecule has 0 radical (unpaired) electrons. The number of amides is 1. The van der Waals surface area contributed by atoms with Crippen molar-refractivity contribution >= 4 is 14.4 Å². The summed E-state index contributed by atoms with van der Waals surface area (Å²) in [5.41, 5.74) is 0. The van der Waals surface area contributed by atoms with Crippen LogP contribution >= 0.6 is 0 Å². The molecule has 0 saturated heterocycles. The first-order valence-corrected chi connectivity index (χ1v) is 10.8. The number of hydrogen-bond donors (Lipinski definition) is 1. The van der Waals surface area contributed by atoms with Crippen molar-refractivity contribution in [3.8, 4) is 5.75 Å². The Balaban J connectivity index is 2.51. The summed E-state index contributed by atoms with van der Waals surface area (Å²) in [7, 11) is -1.74. The topological polar surface area (TPSA) is 47.6 Å². The summed E-state index contributed by atoms with van der Waals surface area (Å²) in [4.78, 5) is 11.5. The van der Waals surface area contributed by atoms with Crippen LogP contribution in [0, 0.1) is 29.1 Å². The zero-order valence-corrected chi connectivity index (χ0v) is 15.2. The average molecular weight is 385 g/mol. The molecular weight excluding hydrogens is 365 g/mol. The van der Waals surface area contributed by atoms with Gasteiger partial charge in [0, 0.05) is 13.2 Å². The standard InChI is InChI=1S/C15H20F5NO3Si/c1-4-23-25(2,3)8-6-5-7-21-15(22)24-14-12(19)10(17)9(16)11(18)13(14)20/h4-8H2,1-3H3,(H,21,22). The van der Waals surface area contributed by atoms with E-state index in [2.05, 4.69) is 23.1 Å². The minimum absolute atomic E-state index is 0.130. The lowest BCUT2D eigenvalue weighted by Crippen LogP contribution is -2.31. The first-order valence-electron chi connectivity index (χ1n) is 7.71. The van der Waals surface area contributed by atoms with E-state index in [1.165, 1.54) is 0 Å². The van der Waals surface area contributed by atoms with E-state index >= 15 is 0 Å². The number of hydrogen-bond acceptors (Lipinski definition) is 3. The summed E-state index contributed by atoms with van der Waals surface area (Å²) < 4.78 is 75.5. The van der Waals surface area contributed by atoms with Crippen molar-refractivity contribution in [3.63, 3.8) is 0 Å². The van der Waals surface area contributed by atoms with Gasteiger partial charge in [-0.1, -0.05) is 6.42 Å². The van der Waals surface area contributed by atoms with Crippen LogP contribution in [0.15, 0.2) is 0 Å². The fourth-order valence-corrected chi connectivity index (χ4v) is 4.16. The summed E-state index contributed by atoms with van der Waals surface area (Å²) in [6.07, 6.45) is 0.00194. The first kappa shape index (κ1) is 21.4. The number of rotatable bonds is 8. The van der Waals surface area contributed by atoms with Gasteiger partial charge in [0.25, 0.3) is 0 Å². The molecular formula is C15H20F5NO3Si. The van der Waals surface area contributed by atoms with Crippen molar-refractivity contribution in [2.45, 2.75) is 38.9 Å². The fourth-order valence-electron chi connectivity index (χ4n) is 2.13. The number of carbonyl (C=O) groups is 1. The Labute approximate surface area is 143 Å². The molecule has 0 atom stereocenters. The summed E-state index contributed by atoms with van der Waals surface area (Å²) in [6.45, 7) is 6.78. The molecule has 142 valence electrons. The van der Waals surface area contributed by atoms with Crippen LogP contribution in [0.3, 0.4) is 0 Å². The Hall–Kier alpha value is -1.68. The second-order valence-electron chi connectivity index (χ2n) is 5.87. The van der Waals surface area contributed by atoms with Gasteiger partial charge in [0.2, 0.25) is 34.8 Å². The van der Waals surface area contributed by atoms with Crippen molar-refractivity contribution < 1.29 is 35.9 Å². The van der Waals surface area contributed by atoms with Crippen LogP contribution in [0.25, 0.3) is 0 Å². The fraction of sp³-hybridized carbons (Fsp3) is 0.533. The van der Waals surface area contributed by atoms with E-state index in [-0.39, 0.29) is 6.54 Å². The zero-order chi connectivity index (χ0) is 19.2. The van der Waals surface area contributed by atoms with E-state index in [0.717, 1.165) is 12.5 Å². The molecule has 0 aliphatic rings. The van der Waals surface area contributed by atoms with Crippen molar-refractivity contribution in [3.05, 3.63) is 29.1 Å². The van der Waals surface area contributed by atoms with E-state index in [0.29, 0.717) is 13.0 Å². The lowest BCUT2D eigenvalue weighted by molar-refractivity contribution is 0.193. The van der Waals surface area contributed by atoms with Gasteiger partial charge in [-0.25, -0.2) is 18.0 Å². The van der Waals surface area contributed by atoms with Crippen LogP contribution < -0.4 is 10.1 Å². The molecule has 0 fully saturated rings. The van der Waals surface area contributed by atoms with Crippen LogP contribution in [-0.4, -0.2) is 27.6 Å². The highest BCUT2D eigenvalue weighted by Gasteiger charge is 2.28. The Morgan fingerprint density at radius 3 is 2.00 bits per heavy atom. The normalized spacial score (nSPS) is 11.5. The highest BCUT2D eigenvalue weighted by Crippen LogP contribution is 2.29. The molecule has 0 spiro atoms. The number of unbranched alkanes of at least 4 members (excludes halogenated alkanes) is 1. The second kappa shape index (κ2) is 9.14. The molecule has 0 unspecified atom stereocenters. The number of benzene rings is 1. The molecule has 1 aromatic carbocycles. The van der Waals surface area contributed by atoms with Gasteiger partial charge in [0.05, 0.1) is 0 Å². The van der Waals surface area contributed by atoms with Gasteiger partial charge in [-0.2, -0.15) is 8.78 Å². The molecule has 1 amide bonds. The molecule has 1 N–H and O–H groups in total. The Kier molecular flexibility index (Phi) is 7.81. The largest absolute Gasteiger partial charge is 0.418 e. The molecule has 0 heterocycles. The van der Waals surface area contributed by atoms with Crippen LogP contribution in [0.2, 0.25) is 19.1 Å². The minimum Gasteiger partial charge on any atom is -0.418 e. The van der Waals surface area contributed by atoms with E-state index in [1.54, 1.807) is 0 Å². The SMILES string of the molecule is CCO[Si](C)(C)CCCCNC(=O)Oc1c(F)c(F)c(F)c(F)c1F. The third kappa shape index (κ3) is 5.96. The maximum Gasteiger partial charge on any atom is 0.412 e. The van der Waals surface area contributed by atoms with Crippen molar-refractivity contribution in [2.75, 3.05) is 13.2 Å². The zero-order valence-electron chi connectivity index (χ0n) is 14.2. The predicted molar refractivity (Wildman–Crippen MR) is 83.4 cm³/mol. The van der Waals surface area contributed by atoms with Crippen molar-refractivity contribution in [1.82, 2.24) is 5.32 Å². The molecule has 10 heteroatoms. The van der Waals surface area contributed by atoms with Crippen molar-refractivity contribution in [2.24, 2.45) is 0 Å². The lowest BCUT2D eigenvalue weighted by Gasteiger charge is -2.21. The Morgan fingerprint density at radius 1 is 0.960 bits per heavy atom. The van der Waals surface area contributed by atoms with E-state index in [4.69, 9.17) is 4.43 Å². The molecule has 0 aromatic heterocycles. The number of nitrogens with one attached hydrogen (secondary N) is 1. The third-order valence-corrected chi connectivity index (χ3v) is 6.00. The molecule has 25 heavy (non-hydrogen) atoms. The van der Waals surface area contributed by atoms with E-state index < -0.39 is 49.2 Å². The molecule has 0 bridgehead atoms. The molecule has 1 aromatic rings. The minimum atomic E-state index is -2.32. The summed E-state index contributed by atoms with van der Waals surface area (Å²) in [5, 5.41) is 2.20. The number of halogens is 5. The van der Waals surface area contributed by atoms with Gasteiger partial charge < -0.3 is 14.5 Å². The monoisotopic (exact) mass is 385 g/mol. The Bertz CT molecular complexity index is 599. The third-order valence-electron chi connectivity index (χ3n) is 3.37. The Morgan fingerprint density at radius 2 is 1.48 bits per heavy atom. The lowest BCUT2D eigenvalue weighted by atomic mass is 10.2. The quantitative estimate of drug-likeness (QED) is 0.236.